The summed E-state index contributed by atoms with van der Waals surface area (Å²) in [5.41, 5.74) is 5.22. The summed E-state index contributed by atoms with van der Waals surface area (Å²) in [6.07, 6.45) is 8.10. The molecule has 0 saturated carbocycles. The monoisotopic (exact) mass is 676 g/mol. The Morgan fingerprint density at radius 3 is 1.95 bits per heavy atom. The average Bonchev–Trinajstić information content (AvgIpc) is 3.28. The predicted molar refractivity (Wildman–Crippen MR) is 159 cm³/mol. The second kappa shape index (κ2) is 14.0. The first-order valence-corrected chi connectivity index (χ1v) is 14.3. The fourth-order valence-electron chi connectivity index (χ4n) is 4.59. The van der Waals surface area contributed by atoms with Crippen molar-refractivity contribution in [2.45, 2.75) is 25.7 Å². The predicted octanol–water partition coefficient (Wildman–Crippen LogP) is 3.14. The summed E-state index contributed by atoms with van der Waals surface area (Å²) in [4.78, 5) is 39.5. The van der Waals surface area contributed by atoms with E-state index in [-0.39, 0.29) is 11.1 Å². The van der Waals surface area contributed by atoms with Crippen LogP contribution in [0.3, 0.4) is 0 Å². The lowest BCUT2D eigenvalue weighted by atomic mass is 10.1. The summed E-state index contributed by atoms with van der Waals surface area (Å²) in [6.45, 7) is 3.63. The minimum Gasteiger partial charge on any atom is -0.512 e. The van der Waals surface area contributed by atoms with Gasteiger partial charge in [-0.05, 0) is 50.7 Å². The zero-order valence-electron chi connectivity index (χ0n) is 21.9. The summed E-state index contributed by atoms with van der Waals surface area (Å²) >= 11 is 6.82. The van der Waals surface area contributed by atoms with E-state index in [4.69, 9.17) is 10.4 Å². The molecule has 0 spiro atoms. The van der Waals surface area contributed by atoms with Crippen LogP contribution in [-0.2, 0) is 30.6 Å². The number of nitrogens with zero attached hydrogens (tertiary/aromatic N) is 5. The van der Waals surface area contributed by atoms with E-state index in [9.17, 15) is 9.59 Å². The van der Waals surface area contributed by atoms with Gasteiger partial charge in [0.2, 0.25) is 0 Å². The van der Waals surface area contributed by atoms with Crippen molar-refractivity contribution in [1.82, 2.24) is 29.0 Å². The molecule has 13 heteroatoms. The van der Waals surface area contributed by atoms with Crippen molar-refractivity contribution in [2.75, 3.05) is 33.2 Å². The van der Waals surface area contributed by atoms with Crippen LogP contribution in [0.1, 0.15) is 22.5 Å². The largest absolute Gasteiger partial charge is 0.512 e. The minimum atomic E-state index is 0.0706. The first kappa shape index (κ1) is 29.9. The SMILES string of the molecule is CN1CCc2nc3cc(Br)ccn3c(=O)c2CC1.O/C=C/OO.O=c1c2c(nc3cc(Br)ccn13)CCNCC2. The van der Waals surface area contributed by atoms with E-state index >= 15 is 0 Å². The Morgan fingerprint density at radius 2 is 1.40 bits per heavy atom. The maximum absolute atomic E-state index is 12.4. The van der Waals surface area contributed by atoms with E-state index in [2.05, 4.69) is 64.0 Å². The molecule has 0 radical (unpaired) electrons. The quantitative estimate of drug-likeness (QED) is 0.158. The van der Waals surface area contributed by atoms with Crippen molar-refractivity contribution in [3.05, 3.63) is 101 Å². The topological polar surface area (TPSA) is 134 Å². The van der Waals surface area contributed by atoms with Gasteiger partial charge in [-0.2, -0.15) is 0 Å². The van der Waals surface area contributed by atoms with E-state index in [0.717, 1.165) is 95.2 Å². The molecule has 0 aromatic carbocycles. The number of fused-ring (bicyclic) bond motifs is 4. The molecule has 212 valence electrons. The number of hydrogen-bond acceptors (Lipinski definition) is 9. The van der Waals surface area contributed by atoms with Crippen molar-refractivity contribution in [2.24, 2.45) is 0 Å². The molecule has 0 aliphatic carbocycles. The van der Waals surface area contributed by atoms with Gasteiger partial charge >= 0.3 is 0 Å². The molecule has 2 aliphatic rings. The highest BCUT2D eigenvalue weighted by Crippen LogP contribution is 2.15. The Morgan fingerprint density at radius 1 is 0.875 bits per heavy atom. The fraction of sp³-hybridized carbons (Fsp3) is 0.333. The highest BCUT2D eigenvalue weighted by Gasteiger charge is 2.17. The number of nitrogens with one attached hydrogen (secondary N) is 1. The zero-order valence-corrected chi connectivity index (χ0v) is 25.1. The Labute approximate surface area is 247 Å². The third-order valence-electron chi connectivity index (χ3n) is 6.63. The van der Waals surface area contributed by atoms with Gasteiger partial charge in [0.25, 0.3) is 11.1 Å². The Hall–Kier alpha value is -3.10. The Bertz CT molecular complexity index is 1640. The minimum absolute atomic E-state index is 0.0706. The highest BCUT2D eigenvalue weighted by atomic mass is 79.9. The van der Waals surface area contributed by atoms with Gasteiger partial charge in [-0.25, -0.2) is 15.2 Å². The van der Waals surface area contributed by atoms with Gasteiger partial charge in [0.05, 0.1) is 11.4 Å². The fourth-order valence-corrected chi connectivity index (χ4v) is 5.24. The maximum Gasteiger partial charge on any atom is 0.261 e. The molecule has 0 bridgehead atoms. The zero-order chi connectivity index (χ0) is 28.6. The standard InChI is InChI=1S/C13H14BrN3O.C12H12BrN3O.C2H4O3/c1-16-5-3-10-11(4-6-16)15-12-8-9(14)2-7-17(12)13(10)18;13-8-3-6-16-11(7-8)15-10-2-5-14-4-1-9(10)12(16)17;3-1-2-5-4/h2,7-8H,3-6H2,1H3;3,6-7,14H,1-2,4-5H2;1-4H/b;;2-1+. The van der Waals surface area contributed by atoms with Gasteiger partial charge in [-0.15, -0.1) is 0 Å². The van der Waals surface area contributed by atoms with Crippen molar-refractivity contribution in [3.63, 3.8) is 0 Å². The van der Waals surface area contributed by atoms with E-state index in [0.29, 0.717) is 11.9 Å². The molecule has 40 heavy (non-hydrogen) atoms. The first-order chi connectivity index (χ1) is 19.3. The second-order valence-corrected chi connectivity index (χ2v) is 11.1. The van der Waals surface area contributed by atoms with Gasteiger partial charge in [-0.3, -0.25) is 18.4 Å². The van der Waals surface area contributed by atoms with Crippen LogP contribution in [0.25, 0.3) is 11.3 Å². The molecule has 4 aromatic rings. The molecule has 6 rings (SSSR count). The Balaban J connectivity index is 0.000000159. The lowest BCUT2D eigenvalue weighted by Crippen LogP contribution is -2.23. The molecule has 0 amide bonds. The third-order valence-corrected chi connectivity index (χ3v) is 7.62. The van der Waals surface area contributed by atoms with E-state index in [1.54, 1.807) is 21.2 Å². The molecule has 2 aliphatic heterocycles. The molecule has 0 unspecified atom stereocenters. The molecule has 4 aromatic heterocycles. The van der Waals surface area contributed by atoms with E-state index < -0.39 is 0 Å². The second-order valence-electron chi connectivity index (χ2n) is 9.27. The summed E-state index contributed by atoms with van der Waals surface area (Å²) < 4.78 is 5.14. The van der Waals surface area contributed by atoms with Crippen LogP contribution in [0.15, 0.2) is 67.7 Å². The normalized spacial score (nSPS) is 15.2. The van der Waals surface area contributed by atoms with Crippen LogP contribution in [-0.4, -0.2) is 67.3 Å². The highest BCUT2D eigenvalue weighted by molar-refractivity contribution is 9.10. The third kappa shape index (κ3) is 7.15. The molecule has 0 fully saturated rings. The number of pyridine rings is 2. The molecule has 0 atom stereocenters. The van der Waals surface area contributed by atoms with Crippen molar-refractivity contribution >= 4 is 43.2 Å². The van der Waals surface area contributed by atoms with Gasteiger partial charge < -0.3 is 20.2 Å². The molecular formula is C27H30Br2N6O5. The summed E-state index contributed by atoms with van der Waals surface area (Å²) in [7, 11) is 2.08. The average molecular weight is 678 g/mol. The molecule has 0 saturated heterocycles. The number of hydrogen-bond donors (Lipinski definition) is 3. The van der Waals surface area contributed by atoms with E-state index in [1.807, 2.05) is 24.3 Å². The van der Waals surface area contributed by atoms with Crippen LogP contribution in [0.2, 0.25) is 0 Å². The lowest BCUT2D eigenvalue weighted by molar-refractivity contribution is -0.188. The van der Waals surface area contributed by atoms with Crippen molar-refractivity contribution in [3.8, 4) is 0 Å². The first-order valence-electron chi connectivity index (χ1n) is 12.7. The van der Waals surface area contributed by atoms with E-state index in [1.165, 1.54) is 0 Å². The van der Waals surface area contributed by atoms with Crippen LogP contribution in [0.5, 0.6) is 0 Å². The number of halogens is 2. The lowest BCUT2D eigenvalue weighted by Gasteiger charge is -2.10. The number of aliphatic hydroxyl groups excluding tert-OH is 1. The van der Waals surface area contributed by atoms with Crippen LogP contribution in [0, 0.1) is 0 Å². The Kier molecular flexibility index (Phi) is 10.5. The van der Waals surface area contributed by atoms with Gasteiger partial charge in [0.1, 0.15) is 17.6 Å². The van der Waals surface area contributed by atoms with Gasteiger partial charge in [-0.1, -0.05) is 31.9 Å². The summed E-state index contributed by atoms with van der Waals surface area (Å²) in [5, 5.41) is 18.2. The van der Waals surface area contributed by atoms with Crippen molar-refractivity contribution in [1.29, 1.82) is 0 Å². The molecular weight excluding hydrogens is 648 g/mol. The smallest absolute Gasteiger partial charge is 0.261 e. The van der Waals surface area contributed by atoms with Gasteiger partial charge in [0, 0.05) is 64.9 Å². The van der Waals surface area contributed by atoms with Crippen molar-refractivity contribution < 1.29 is 15.3 Å². The van der Waals surface area contributed by atoms with Crippen LogP contribution in [0.4, 0.5) is 0 Å². The number of aliphatic hydroxyl groups is 1. The summed E-state index contributed by atoms with van der Waals surface area (Å²) in [6, 6.07) is 7.49. The molecule has 6 heterocycles. The number of rotatable bonds is 1. The van der Waals surface area contributed by atoms with Crippen LogP contribution >= 0.6 is 31.9 Å². The number of aromatic nitrogens is 4. The van der Waals surface area contributed by atoms with Gasteiger partial charge in [0.15, 0.2) is 6.26 Å². The maximum atomic E-state index is 12.4. The molecule has 3 N–H and O–H groups in total. The molecule has 11 nitrogen and oxygen atoms in total. The number of likely N-dealkylation sites (N-methyl/N-ethyl adjacent to an activating group) is 1. The summed E-state index contributed by atoms with van der Waals surface area (Å²) in [5.74, 6) is 0. The van der Waals surface area contributed by atoms with Crippen LogP contribution < -0.4 is 16.4 Å².